The molecule has 0 radical (unpaired) electrons. The maximum atomic E-state index is 12.7. The van der Waals surface area contributed by atoms with E-state index in [0.29, 0.717) is 0 Å². The zero-order chi connectivity index (χ0) is 21.9. The number of alkyl halides is 3. The Morgan fingerprint density at radius 1 is 1.27 bits per heavy atom. The predicted molar refractivity (Wildman–Crippen MR) is 99.1 cm³/mol. The second-order valence-corrected chi connectivity index (χ2v) is 5.84. The lowest BCUT2D eigenvalue weighted by Crippen LogP contribution is -2.22. The lowest BCUT2D eigenvalue weighted by molar-refractivity contribution is -0.274. The highest BCUT2D eigenvalue weighted by Gasteiger charge is 2.34. The Hall–Kier alpha value is -4.33. The lowest BCUT2D eigenvalue weighted by atomic mass is 10.0. The molecule has 0 saturated carbocycles. The Balaban J connectivity index is 1.93. The number of nitrogens with two attached hydrogens (primary N) is 1. The fourth-order valence-electron chi connectivity index (χ4n) is 2.55. The zero-order valence-electron chi connectivity index (χ0n) is 14.9. The Morgan fingerprint density at radius 3 is 2.67 bits per heavy atom. The van der Waals surface area contributed by atoms with Gasteiger partial charge in [0, 0.05) is 16.9 Å². The average molecular weight is 415 g/mol. The summed E-state index contributed by atoms with van der Waals surface area (Å²) in [6.45, 7) is 0. The fourth-order valence-corrected chi connectivity index (χ4v) is 2.55. The minimum Gasteiger partial charge on any atom is -0.442 e. The molecule has 2 aromatic carbocycles. The van der Waals surface area contributed by atoms with Crippen molar-refractivity contribution in [3.8, 4) is 11.8 Å². The van der Waals surface area contributed by atoms with Crippen LogP contribution in [-0.2, 0) is 0 Å². The molecular formula is C19H12F3N5O3. The highest BCUT2D eigenvalue weighted by Crippen LogP contribution is 2.31. The lowest BCUT2D eigenvalue weighted by Gasteiger charge is -2.15. The van der Waals surface area contributed by atoms with Gasteiger partial charge in [0.2, 0.25) is 0 Å². The largest absolute Gasteiger partial charge is 0.573 e. The van der Waals surface area contributed by atoms with Crippen molar-refractivity contribution in [1.29, 1.82) is 10.7 Å². The number of ether oxygens (including phenoxy) is 1. The molecule has 8 nitrogen and oxygen atoms in total. The summed E-state index contributed by atoms with van der Waals surface area (Å²) >= 11 is 0. The number of amides is 1. The van der Waals surface area contributed by atoms with Crippen LogP contribution in [0.4, 0.5) is 24.5 Å². The van der Waals surface area contributed by atoms with Gasteiger partial charge in [0.15, 0.2) is 17.9 Å². The standard InChI is InChI=1S/C19H12F3N5O3/c20-19(21,22)30-17-10(7-23)2-1-3-12(17)18(28)27-11-4-5-14(24)13(6-11)16(25)15-8-26-9-29-15/h1-6,8-9,25H,24H2,(H,27,28). The number of anilines is 2. The molecule has 1 aromatic heterocycles. The molecule has 1 amide bonds. The number of nitrogen functional groups attached to an aromatic ring is 1. The second kappa shape index (κ2) is 7.96. The molecule has 4 N–H and O–H groups in total. The summed E-state index contributed by atoms with van der Waals surface area (Å²) < 4.78 is 47.1. The van der Waals surface area contributed by atoms with Crippen molar-refractivity contribution < 1.29 is 27.1 Å². The van der Waals surface area contributed by atoms with Gasteiger partial charge in [-0.05, 0) is 30.3 Å². The SMILES string of the molecule is N#Cc1cccc(C(=O)Nc2ccc(N)c(C(=N)c3cnco3)c2)c1OC(F)(F)F. The molecule has 1 heterocycles. The van der Waals surface area contributed by atoms with Gasteiger partial charge in [0.1, 0.15) is 11.8 Å². The number of oxazole rings is 1. The van der Waals surface area contributed by atoms with Crippen LogP contribution >= 0.6 is 0 Å². The number of aromatic nitrogens is 1. The number of nitrogens with one attached hydrogen (secondary N) is 2. The van der Waals surface area contributed by atoms with Gasteiger partial charge in [-0.15, -0.1) is 13.2 Å². The average Bonchev–Trinajstić information content (AvgIpc) is 3.22. The van der Waals surface area contributed by atoms with Crippen molar-refractivity contribution in [1.82, 2.24) is 4.98 Å². The van der Waals surface area contributed by atoms with Crippen molar-refractivity contribution in [2.75, 3.05) is 11.1 Å². The van der Waals surface area contributed by atoms with E-state index in [1.165, 1.54) is 30.5 Å². The van der Waals surface area contributed by atoms with Crippen molar-refractivity contribution in [2.45, 2.75) is 6.36 Å². The van der Waals surface area contributed by atoms with Crippen LogP contribution in [0.3, 0.4) is 0 Å². The molecule has 0 aliphatic rings. The quantitative estimate of drug-likeness (QED) is 0.429. The molecule has 0 bridgehead atoms. The van der Waals surface area contributed by atoms with E-state index in [9.17, 15) is 18.0 Å². The summed E-state index contributed by atoms with van der Waals surface area (Å²) in [5.74, 6) is -1.73. The number of nitriles is 1. The van der Waals surface area contributed by atoms with Gasteiger partial charge in [-0.2, -0.15) is 5.26 Å². The van der Waals surface area contributed by atoms with Gasteiger partial charge in [-0.1, -0.05) is 6.07 Å². The predicted octanol–water partition coefficient (Wildman–Crippen LogP) is 3.70. The Kier molecular flexibility index (Phi) is 5.41. The molecule has 0 atom stereocenters. The number of nitrogens with zero attached hydrogens (tertiary/aromatic N) is 2. The van der Waals surface area contributed by atoms with Crippen molar-refractivity contribution in [2.24, 2.45) is 0 Å². The maximum absolute atomic E-state index is 12.7. The highest BCUT2D eigenvalue weighted by molar-refractivity contribution is 6.13. The van der Waals surface area contributed by atoms with Crippen LogP contribution in [0.15, 0.2) is 53.4 Å². The number of rotatable bonds is 5. The van der Waals surface area contributed by atoms with Crippen molar-refractivity contribution in [3.63, 3.8) is 0 Å². The van der Waals surface area contributed by atoms with Crippen LogP contribution in [0.25, 0.3) is 0 Å². The first-order valence-electron chi connectivity index (χ1n) is 8.17. The molecule has 152 valence electrons. The van der Waals surface area contributed by atoms with E-state index in [4.69, 9.17) is 20.8 Å². The number of hydrogen-bond acceptors (Lipinski definition) is 7. The van der Waals surface area contributed by atoms with Gasteiger partial charge in [0.05, 0.1) is 17.3 Å². The van der Waals surface area contributed by atoms with E-state index in [-0.39, 0.29) is 28.4 Å². The number of hydrogen-bond donors (Lipinski definition) is 3. The van der Waals surface area contributed by atoms with Gasteiger partial charge in [-0.25, -0.2) is 4.98 Å². The van der Waals surface area contributed by atoms with Crippen molar-refractivity contribution in [3.05, 3.63) is 71.4 Å². The Morgan fingerprint density at radius 2 is 2.03 bits per heavy atom. The Labute approximate surface area is 167 Å². The third-order valence-electron chi connectivity index (χ3n) is 3.86. The number of para-hydroxylation sites is 1. The number of benzene rings is 2. The summed E-state index contributed by atoms with van der Waals surface area (Å²) in [7, 11) is 0. The smallest absolute Gasteiger partial charge is 0.442 e. The van der Waals surface area contributed by atoms with E-state index in [2.05, 4.69) is 15.0 Å². The van der Waals surface area contributed by atoms with E-state index in [0.717, 1.165) is 18.5 Å². The van der Waals surface area contributed by atoms with Crippen LogP contribution < -0.4 is 15.8 Å². The van der Waals surface area contributed by atoms with Gasteiger partial charge < -0.3 is 20.2 Å². The molecule has 0 aliphatic carbocycles. The van der Waals surface area contributed by atoms with E-state index >= 15 is 0 Å². The minimum absolute atomic E-state index is 0.103. The molecule has 3 aromatic rings. The highest BCUT2D eigenvalue weighted by atomic mass is 19.4. The maximum Gasteiger partial charge on any atom is 0.573 e. The number of halogens is 3. The normalized spacial score (nSPS) is 10.9. The van der Waals surface area contributed by atoms with Crippen LogP contribution in [0, 0.1) is 16.7 Å². The van der Waals surface area contributed by atoms with Gasteiger partial charge in [-0.3, -0.25) is 10.2 Å². The fraction of sp³-hybridized carbons (Fsp3) is 0.0526. The molecule has 0 fully saturated rings. The monoisotopic (exact) mass is 415 g/mol. The van der Waals surface area contributed by atoms with E-state index in [1.807, 2.05) is 0 Å². The topological polar surface area (TPSA) is 138 Å². The molecule has 30 heavy (non-hydrogen) atoms. The second-order valence-electron chi connectivity index (χ2n) is 5.84. The Bertz CT molecular complexity index is 1150. The van der Waals surface area contributed by atoms with E-state index in [1.54, 1.807) is 6.07 Å². The summed E-state index contributed by atoms with van der Waals surface area (Å²) in [6.07, 6.45) is -2.65. The number of carbonyl (C=O) groups is 1. The minimum atomic E-state index is -5.09. The van der Waals surface area contributed by atoms with Crippen molar-refractivity contribution >= 4 is 23.0 Å². The molecular weight excluding hydrogens is 403 g/mol. The summed E-state index contributed by atoms with van der Waals surface area (Å²) in [5, 5.41) is 19.6. The van der Waals surface area contributed by atoms with Crippen LogP contribution in [0.2, 0.25) is 0 Å². The third-order valence-corrected chi connectivity index (χ3v) is 3.86. The molecule has 0 spiro atoms. The summed E-state index contributed by atoms with van der Waals surface area (Å²) in [4.78, 5) is 16.3. The molecule has 0 unspecified atom stereocenters. The first kappa shape index (κ1) is 20.4. The van der Waals surface area contributed by atoms with E-state index < -0.39 is 29.1 Å². The molecule has 3 rings (SSSR count). The molecule has 0 aliphatic heterocycles. The van der Waals surface area contributed by atoms with Crippen LogP contribution in [-0.4, -0.2) is 23.0 Å². The van der Waals surface area contributed by atoms with Crippen LogP contribution in [0.1, 0.15) is 27.2 Å². The summed E-state index contributed by atoms with van der Waals surface area (Å²) in [6, 6.07) is 9.17. The molecule has 0 saturated heterocycles. The number of carbonyl (C=O) groups excluding carboxylic acids is 1. The van der Waals surface area contributed by atoms with Gasteiger partial charge >= 0.3 is 6.36 Å². The summed E-state index contributed by atoms with van der Waals surface area (Å²) in [5.41, 5.74) is 5.39. The van der Waals surface area contributed by atoms with Crippen LogP contribution in [0.5, 0.6) is 5.75 Å². The molecule has 11 heteroatoms. The first-order chi connectivity index (χ1) is 14.2. The first-order valence-corrected chi connectivity index (χ1v) is 8.17. The zero-order valence-corrected chi connectivity index (χ0v) is 14.9. The van der Waals surface area contributed by atoms with Gasteiger partial charge in [0.25, 0.3) is 5.91 Å². The third kappa shape index (κ3) is 4.39.